The largest absolute Gasteiger partial charge is 0.465 e. The van der Waals surface area contributed by atoms with E-state index < -0.39 is 24.6 Å². The van der Waals surface area contributed by atoms with E-state index >= 15 is 0 Å². The van der Waals surface area contributed by atoms with Gasteiger partial charge in [0.05, 0.1) is 14.2 Å². The molecule has 1 aliphatic heterocycles. The molecule has 1 aromatic carbocycles. The Morgan fingerprint density at radius 1 is 0.912 bits per heavy atom. The number of allylic oxidation sites excluding steroid dienone is 3. The van der Waals surface area contributed by atoms with Crippen LogP contribution in [0.3, 0.4) is 0 Å². The highest BCUT2D eigenvalue weighted by Crippen LogP contribution is 2.57. The summed E-state index contributed by atoms with van der Waals surface area (Å²) in [6.45, 7) is 13.7. The van der Waals surface area contributed by atoms with Crippen LogP contribution in [0, 0.1) is 6.92 Å². The molecule has 0 N–H and O–H groups in total. The van der Waals surface area contributed by atoms with Gasteiger partial charge in [0.15, 0.2) is 0 Å². The first-order valence-electron chi connectivity index (χ1n) is 11.2. The van der Waals surface area contributed by atoms with Gasteiger partial charge in [-0.3, -0.25) is 4.79 Å². The highest BCUT2D eigenvalue weighted by atomic mass is 35.5. The summed E-state index contributed by atoms with van der Waals surface area (Å²) >= 11 is 6.43. The maximum atomic E-state index is 13.4. The van der Waals surface area contributed by atoms with E-state index in [0.717, 1.165) is 34.7 Å². The number of ketones is 1. The minimum atomic E-state index is -2.92. The number of esters is 2. The van der Waals surface area contributed by atoms with Crippen LogP contribution in [-0.4, -0.2) is 43.4 Å². The Balaban J connectivity index is 3.27. The van der Waals surface area contributed by atoms with Crippen LogP contribution in [-0.2, 0) is 34.7 Å². The highest BCUT2D eigenvalue weighted by Gasteiger charge is 2.41. The summed E-state index contributed by atoms with van der Waals surface area (Å²) in [5, 5.41) is 1.30. The van der Waals surface area contributed by atoms with Crippen molar-refractivity contribution in [3.63, 3.8) is 0 Å². The van der Waals surface area contributed by atoms with Gasteiger partial charge in [-0.1, -0.05) is 77.2 Å². The first kappa shape index (κ1) is 28.1. The number of carbonyl (C=O) groups excluding carboxylic acids is 3. The van der Waals surface area contributed by atoms with E-state index in [1.165, 1.54) is 7.11 Å². The molecule has 1 aromatic rings. The van der Waals surface area contributed by atoms with E-state index in [-0.39, 0.29) is 16.1 Å². The molecule has 0 saturated heterocycles. The fourth-order valence-electron chi connectivity index (χ4n) is 4.29. The summed E-state index contributed by atoms with van der Waals surface area (Å²) < 4.78 is 9.81. The fourth-order valence-corrected chi connectivity index (χ4v) is 9.22. The number of carbonyl (C=O) groups is 3. The van der Waals surface area contributed by atoms with Gasteiger partial charge in [0, 0.05) is 5.03 Å². The third-order valence-electron chi connectivity index (χ3n) is 6.09. The molecule has 2 rings (SSSR count). The van der Waals surface area contributed by atoms with Crippen molar-refractivity contribution in [3.8, 4) is 0 Å². The van der Waals surface area contributed by atoms with Crippen LogP contribution in [0.5, 0.6) is 0 Å². The van der Waals surface area contributed by atoms with Crippen LogP contribution in [0.2, 0.25) is 0 Å². The number of Topliss-reactive ketones (excluding diaryl/α,β-unsaturated/α-hetero) is 1. The van der Waals surface area contributed by atoms with Crippen LogP contribution in [0.1, 0.15) is 65.2 Å². The van der Waals surface area contributed by atoms with Crippen LogP contribution in [0.4, 0.5) is 0 Å². The van der Waals surface area contributed by atoms with Crippen LogP contribution < -0.4 is 5.30 Å². The van der Waals surface area contributed by atoms with Crippen molar-refractivity contribution in [3.05, 3.63) is 51.3 Å². The number of aryl methyl sites for hydroxylation is 1. The standard InChI is InChI=1S/C27H36ClO5P/c1-16-13-18(26(3,4)5)14-19(27(6,7)8)22(16)34(12-11-20(28)17(2)15-34)23(25(31)33-10)21(29)24(30)32-9/h11,13-15H,12H2,1-10H3. The number of methoxy groups -OCH3 is 2. The number of hydrogen-bond acceptors (Lipinski definition) is 5. The zero-order chi connectivity index (χ0) is 26.2. The number of rotatable bonds is 4. The summed E-state index contributed by atoms with van der Waals surface area (Å²) in [7, 11) is 2.34. The molecule has 5 nitrogen and oxygen atoms in total. The highest BCUT2D eigenvalue weighted by molar-refractivity contribution is 7.89. The lowest BCUT2D eigenvalue weighted by Crippen LogP contribution is -2.38. The van der Waals surface area contributed by atoms with Gasteiger partial charge < -0.3 is 9.47 Å². The van der Waals surface area contributed by atoms with Crippen LogP contribution in [0.15, 0.2) is 34.6 Å². The predicted octanol–water partition coefficient (Wildman–Crippen LogP) is 5.36. The van der Waals surface area contributed by atoms with Gasteiger partial charge in [0.1, 0.15) is 5.29 Å². The van der Waals surface area contributed by atoms with Gasteiger partial charge in [-0.2, -0.15) is 0 Å². The molecule has 0 aliphatic carbocycles. The zero-order valence-electron chi connectivity index (χ0n) is 21.9. The molecule has 1 atom stereocenters. The Hall–Kier alpha value is -2.10. The summed E-state index contributed by atoms with van der Waals surface area (Å²) in [6.07, 6.45) is 2.16. The molecule has 0 radical (unpaired) electrons. The molecule has 0 amide bonds. The second-order valence-corrected chi connectivity index (χ2v) is 14.4. The summed E-state index contributed by atoms with van der Waals surface area (Å²) in [4.78, 5) is 39.0. The molecule has 0 aromatic heterocycles. The predicted molar refractivity (Wildman–Crippen MR) is 142 cm³/mol. The zero-order valence-corrected chi connectivity index (χ0v) is 23.5. The molecule has 186 valence electrons. The number of benzene rings is 1. The average Bonchev–Trinajstić information content (AvgIpc) is 2.73. The Kier molecular flexibility index (Phi) is 8.17. The van der Waals surface area contributed by atoms with Crippen molar-refractivity contribution >= 4 is 46.8 Å². The van der Waals surface area contributed by atoms with Gasteiger partial charge in [0.25, 0.3) is 5.78 Å². The lowest BCUT2D eigenvalue weighted by molar-refractivity contribution is -0.149. The van der Waals surface area contributed by atoms with Gasteiger partial charge >= 0.3 is 11.9 Å². The summed E-state index contributed by atoms with van der Waals surface area (Å²) in [6, 6.07) is 4.29. The molecular weight excluding hydrogens is 471 g/mol. The van der Waals surface area contributed by atoms with Crippen LogP contribution in [0.25, 0.3) is 0 Å². The Morgan fingerprint density at radius 3 is 1.91 bits per heavy atom. The summed E-state index contributed by atoms with van der Waals surface area (Å²) in [5.74, 6) is -0.958. The van der Waals surface area contributed by atoms with E-state index in [9.17, 15) is 14.4 Å². The topological polar surface area (TPSA) is 69.7 Å². The Labute approximate surface area is 208 Å². The van der Waals surface area contributed by atoms with E-state index in [4.69, 9.17) is 21.1 Å². The van der Waals surface area contributed by atoms with Crippen molar-refractivity contribution in [1.82, 2.24) is 0 Å². The molecule has 0 spiro atoms. The minimum absolute atomic E-state index is 0.104. The number of halogens is 1. The van der Waals surface area contributed by atoms with Crippen molar-refractivity contribution in [2.75, 3.05) is 20.4 Å². The lowest BCUT2D eigenvalue weighted by Gasteiger charge is -2.37. The van der Waals surface area contributed by atoms with E-state index in [0.29, 0.717) is 11.2 Å². The molecule has 1 heterocycles. The molecule has 0 bridgehead atoms. The maximum Gasteiger partial charge on any atom is 0.379 e. The fraction of sp³-hybridized carbons (Fsp3) is 0.481. The van der Waals surface area contributed by atoms with E-state index in [1.807, 2.05) is 25.7 Å². The molecular formula is C27H36ClO5P. The third kappa shape index (κ3) is 5.26. The lowest BCUT2D eigenvalue weighted by atomic mass is 9.79. The van der Waals surface area contributed by atoms with Crippen LogP contribution >= 0.6 is 18.5 Å². The van der Waals surface area contributed by atoms with Crippen molar-refractivity contribution in [2.24, 2.45) is 0 Å². The first-order chi connectivity index (χ1) is 15.5. The SMILES string of the molecule is COC(=O)C(=O)C(C(=O)OC)=P1(c2c(C)cc(C(C)(C)C)cc2C(C)(C)C)C=C(C)C(Cl)=CC1. The Morgan fingerprint density at radius 2 is 1.47 bits per heavy atom. The maximum absolute atomic E-state index is 13.4. The Bertz CT molecular complexity index is 1160. The van der Waals surface area contributed by atoms with Crippen molar-refractivity contribution < 1.29 is 23.9 Å². The normalized spacial score (nSPS) is 18.6. The molecule has 34 heavy (non-hydrogen) atoms. The molecule has 7 heteroatoms. The first-order valence-corrected chi connectivity index (χ1v) is 13.6. The third-order valence-corrected chi connectivity index (χ3v) is 10.7. The second-order valence-electron chi connectivity index (χ2n) is 10.8. The molecule has 1 unspecified atom stereocenters. The number of hydrogen-bond donors (Lipinski definition) is 0. The van der Waals surface area contributed by atoms with Gasteiger partial charge in [-0.25, -0.2) is 9.59 Å². The minimum Gasteiger partial charge on any atom is -0.465 e. The van der Waals surface area contributed by atoms with Crippen molar-refractivity contribution in [2.45, 2.75) is 66.2 Å². The van der Waals surface area contributed by atoms with Gasteiger partial charge in [-0.15, -0.1) is 0 Å². The van der Waals surface area contributed by atoms with Gasteiger partial charge in [-0.05, 0) is 65.3 Å². The molecule has 0 saturated carbocycles. The monoisotopic (exact) mass is 506 g/mol. The number of ether oxygens (including phenoxy) is 2. The molecule has 1 aliphatic rings. The smallest absolute Gasteiger partial charge is 0.379 e. The van der Waals surface area contributed by atoms with Crippen molar-refractivity contribution in [1.29, 1.82) is 0 Å². The molecule has 0 fully saturated rings. The average molecular weight is 507 g/mol. The van der Waals surface area contributed by atoms with Gasteiger partial charge in [0.2, 0.25) is 0 Å². The quantitative estimate of drug-likeness (QED) is 0.238. The van der Waals surface area contributed by atoms with E-state index in [2.05, 4.69) is 53.7 Å². The van der Waals surface area contributed by atoms with E-state index in [1.54, 1.807) is 0 Å². The second kappa shape index (κ2) is 9.87. The summed E-state index contributed by atoms with van der Waals surface area (Å²) in [5.41, 5.74) is 3.48.